The lowest BCUT2D eigenvalue weighted by Crippen LogP contribution is -2.32. The number of aromatic amines is 1. The second-order valence-electron chi connectivity index (χ2n) is 8.12. The zero-order valence-corrected chi connectivity index (χ0v) is 15.2. The molecule has 1 fully saturated rings. The molecule has 2 aliphatic rings. The Labute approximate surface area is 152 Å². The van der Waals surface area contributed by atoms with E-state index in [0.717, 1.165) is 42.6 Å². The summed E-state index contributed by atoms with van der Waals surface area (Å²) in [7, 11) is 0. The normalized spacial score (nSPS) is 21.3. The molecule has 1 aliphatic carbocycles. The average molecular weight is 357 g/mol. The van der Waals surface area contributed by atoms with Crippen LogP contribution in [0.4, 0.5) is 10.2 Å². The summed E-state index contributed by atoms with van der Waals surface area (Å²) in [6.07, 6.45) is 4.32. The molecule has 2 aromatic heterocycles. The highest BCUT2D eigenvalue weighted by Crippen LogP contribution is 2.38. The molecule has 7 heteroatoms. The summed E-state index contributed by atoms with van der Waals surface area (Å²) in [6, 6.07) is 3.32. The molecule has 3 heterocycles. The predicted octanol–water partition coefficient (Wildman–Crippen LogP) is 2.82. The van der Waals surface area contributed by atoms with Gasteiger partial charge < -0.3 is 10.6 Å². The number of carbonyl (C=O) groups is 1. The fourth-order valence-electron chi connectivity index (χ4n) is 3.87. The van der Waals surface area contributed by atoms with Gasteiger partial charge in [-0.25, -0.2) is 4.98 Å². The first-order valence-corrected chi connectivity index (χ1v) is 9.17. The van der Waals surface area contributed by atoms with Crippen molar-refractivity contribution in [3.05, 3.63) is 29.3 Å². The quantitative estimate of drug-likeness (QED) is 0.735. The number of rotatable bonds is 4. The van der Waals surface area contributed by atoms with Crippen LogP contribution in [0.2, 0.25) is 0 Å². The van der Waals surface area contributed by atoms with Crippen LogP contribution in [0.25, 0.3) is 11.3 Å². The van der Waals surface area contributed by atoms with Crippen molar-refractivity contribution in [2.24, 2.45) is 5.41 Å². The zero-order valence-electron chi connectivity index (χ0n) is 15.2. The van der Waals surface area contributed by atoms with Gasteiger partial charge in [0.1, 0.15) is 5.82 Å². The van der Waals surface area contributed by atoms with Crippen LogP contribution in [0.15, 0.2) is 12.1 Å². The summed E-state index contributed by atoms with van der Waals surface area (Å²) >= 11 is 0. The number of hydrogen-bond acceptors (Lipinski definition) is 4. The highest BCUT2D eigenvalue weighted by atomic mass is 19.1. The Bertz CT molecular complexity index is 844. The summed E-state index contributed by atoms with van der Waals surface area (Å²) in [4.78, 5) is 15.2. The van der Waals surface area contributed by atoms with Crippen LogP contribution in [-0.2, 0) is 17.6 Å². The van der Waals surface area contributed by atoms with Crippen LogP contribution in [-0.4, -0.2) is 33.7 Å². The van der Waals surface area contributed by atoms with Gasteiger partial charge in [0.25, 0.3) is 0 Å². The number of anilines is 1. The van der Waals surface area contributed by atoms with Crippen molar-refractivity contribution >= 4 is 11.7 Å². The third-order valence-corrected chi connectivity index (χ3v) is 5.34. The number of nitrogens with zero attached hydrogens (tertiary/aromatic N) is 2. The first-order valence-electron chi connectivity index (χ1n) is 9.17. The smallest absolute Gasteiger partial charge is 0.220 e. The summed E-state index contributed by atoms with van der Waals surface area (Å²) in [5.41, 5.74) is 4.14. The summed E-state index contributed by atoms with van der Waals surface area (Å²) in [5.74, 6) is -0.00171. The Morgan fingerprint density at radius 3 is 2.96 bits per heavy atom. The van der Waals surface area contributed by atoms with Gasteiger partial charge in [-0.05, 0) is 37.2 Å². The van der Waals surface area contributed by atoms with Crippen molar-refractivity contribution in [2.45, 2.75) is 52.0 Å². The fourth-order valence-corrected chi connectivity index (χ4v) is 3.87. The van der Waals surface area contributed by atoms with Gasteiger partial charge in [-0.15, -0.1) is 0 Å². The molecule has 0 saturated carbocycles. The summed E-state index contributed by atoms with van der Waals surface area (Å²) in [6.45, 7) is 5.05. The number of aromatic nitrogens is 3. The Morgan fingerprint density at radius 2 is 2.19 bits per heavy atom. The molecule has 2 aromatic rings. The molecule has 4 rings (SSSR count). The molecule has 0 spiro atoms. The van der Waals surface area contributed by atoms with E-state index in [4.69, 9.17) is 0 Å². The van der Waals surface area contributed by atoms with E-state index in [1.807, 2.05) is 6.07 Å². The minimum absolute atomic E-state index is 0.0655. The Morgan fingerprint density at radius 1 is 1.35 bits per heavy atom. The maximum atomic E-state index is 14.1. The van der Waals surface area contributed by atoms with Crippen molar-refractivity contribution < 1.29 is 9.18 Å². The van der Waals surface area contributed by atoms with E-state index in [-0.39, 0.29) is 17.4 Å². The number of halogens is 1. The topological polar surface area (TPSA) is 82.7 Å². The molecule has 138 valence electrons. The van der Waals surface area contributed by atoms with Crippen molar-refractivity contribution in [3.8, 4) is 11.3 Å². The molecule has 0 bridgehead atoms. The van der Waals surface area contributed by atoms with Gasteiger partial charge in [0, 0.05) is 41.9 Å². The predicted molar refractivity (Wildman–Crippen MR) is 97.2 cm³/mol. The second-order valence-corrected chi connectivity index (χ2v) is 8.12. The lowest BCUT2D eigenvalue weighted by molar-refractivity contribution is -0.119. The molecular formula is C19H24FN5O. The Kier molecular flexibility index (Phi) is 4.17. The van der Waals surface area contributed by atoms with E-state index in [1.54, 1.807) is 0 Å². The SMILES string of the molecule is CC1(C)CCc2c(-c3cc(F)nc(NCC4CCC(=O)N4)c3)n[nH]c2C1. The Balaban J connectivity index is 1.55. The molecule has 1 saturated heterocycles. The van der Waals surface area contributed by atoms with Crippen LogP contribution in [0.1, 0.15) is 44.4 Å². The molecule has 1 atom stereocenters. The third-order valence-electron chi connectivity index (χ3n) is 5.34. The van der Waals surface area contributed by atoms with E-state index in [9.17, 15) is 9.18 Å². The van der Waals surface area contributed by atoms with E-state index in [2.05, 4.69) is 39.7 Å². The second kappa shape index (κ2) is 6.37. The monoisotopic (exact) mass is 357 g/mol. The van der Waals surface area contributed by atoms with Gasteiger partial charge >= 0.3 is 0 Å². The van der Waals surface area contributed by atoms with Crippen LogP contribution in [0.3, 0.4) is 0 Å². The van der Waals surface area contributed by atoms with Crippen molar-refractivity contribution in [2.75, 3.05) is 11.9 Å². The zero-order chi connectivity index (χ0) is 18.3. The molecule has 3 N–H and O–H groups in total. The van der Waals surface area contributed by atoms with Crippen LogP contribution >= 0.6 is 0 Å². The standard InChI is InChI=1S/C19H24FN5O/c1-19(2)6-5-13-14(9-19)24-25-18(13)11-7-15(20)23-16(8-11)21-10-12-3-4-17(26)22-12/h7-8,12H,3-6,9-10H2,1-2H3,(H,21,23)(H,22,26)(H,24,25). The minimum atomic E-state index is -0.534. The van der Waals surface area contributed by atoms with Gasteiger partial charge in [0.15, 0.2) is 0 Å². The molecule has 6 nitrogen and oxygen atoms in total. The van der Waals surface area contributed by atoms with E-state index < -0.39 is 5.95 Å². The first kappa shape index (κ1) is 17.0. The Hall–Kier alpha value is -2.44. The minimum Gasteiger partial charge on any atom is -0.368 e. The van der Waals surface area contributed by atoms with Gasteiger partial charge in [-0.3, -0.25) is 9.89 Å². The molecule has 1 unspecified atom stereocenters. The van der Waals surface area contributed by atoms with Crippen molar-refractivity contribution in [3.63, 3.8) is 0 Å². The molecular weight excluding hydrogens is 333 g/mol. The van der Waals surface area contributed by atoms with Gasteiger partial charge in [0.05, 0.1) is 5.69 Å². The number of amides is 1. The molecule has 0 radical (unpaired) electrons. The van der Waals surface area contributed by atoms with Gasteiger partial charge in [-0.2, -0.15) is 9.49 Å². The van der Waals surface area contributed by atoms with E-state index >= 15 is 0 Å². The van der Waals surface area contributed by atoms with Gasteiger partial charge in [-0.1, -0.05) is 13.8 Å². The van der Waals surface area contributed by atoms with Crippen LogP contribution in [0, 0.1) is 11.4 Å². The van der Waals surface area contributed by atoms with Gasteiger partial charge in [0.2, 0.25) is 11.9 Å². The number of fused-ring (bicyclic) bond motifs is 1. The highest BCUT2D eigenvalue weighted by Gasteiger charge is 2.29. The first-order chi connectivity index (χ1) is 12.4. The summed E-state index contributed by atoms with van der Waals surface area (Å²) in [5, 5.41) is 13.6. The average Bonchev–Trinajstić information content (AvgIpc) is 3.17. The summed E-state index contributed by atoms with van der Waals surface area (Å²) < 4.78 is 14.1. The van der Waals surface area contributed by atoms with Crippen LogP contribution < -0.4 is 10.6 Å². The maximum Gasteiger partial charge on any atom is 0.220 e. The largest absolute Gasteiger partial charge is 0.368 e. The van der Waals surface area contributed by atoms with Crippen molar-refractivity contribution in [1.29, 1.82) is 0 Å². The lowest BCUT2D eigenvalue weighted by atomic mass is 9.76. The fraction of sp³-hybridized carbons (Fsp3) is 0.526. The van der Waals surface area contributed by atoms with E-state index in [1.165, 1.54) is 11.6 Å². The molecule has 26 heavy (non-hydrogen) atoms. The molecule has 0 aromatic carbocycles. The molecule has 1 aliphatic heterocycles. The van der Waals surface area contributed by atoms with Crippen molar-refractivity contribution in [1.82, 2.24) is 20.5 Å². The lowest BCUT2D eigenvalue weighted by Gasteiger charge is -2.29. The van der Waals surface area contributed by atoms with E-state index in [0.29, 0.717) is 18.8 Å². The number of pyridine rings is 1. The number of nitrogens with one attached hydrogen (secondary N) is 3. The molecule has 1 amide bonds. The number of H-pyrrole nitrogens is 1. The maximum absolute atomic E-state index is 14.1. The van der Waals surface area contributed by atoms with Crippen LogP contribution in [0.5, 0.6) is 0 Å². The third kappa shape index (κ3) is 3.43. The highest BCUT2D eigenvalue weighted by molar-refractivity contribution is 5.78. The number of hydrogen-bond donors (Lipinski definition) is 3. The number of carbonyl (C=O) groups excluding carboxylic acids is 1.